The number of rotatable bonds is 8. The zero-order valence-electron chi connectivity index (χ0n) is 40.6. The highest BCUT2D eigenvalue weighted by molar-refractivity contribution is 6.25. The molecule has 0 radical (unpaired) electrons. The highest BCUT2D eigenvalue weighted by atomic mass is 15.2. The molecule has 0 fully saturated rings. The Morgan fingerprint density at radius 3 is 1.15 bits per heavy atom. The van der Waals surface area contributed by atoms with Crippen molar-refractivity contribution in [2.45, 2.75) is 0 Å². The molecule has 0 atom stereocenters. The van der Waals surface area contributed by atoms with Crippen molar-refractivity contribution in [2.75, 3.05) is 10.6 Å². The van der Waals surface area contributed by atoms with Crippen molar-refractivity contribution in [1.29, 1.82) is 0 Å². The second kappa shape index (κ2) is 17.5. The Hall–Kier alpha value is -9.76. The molecule has 0 saturated heterocycles. The molecule has 0 heterocycles. The highest BCUT2D eigenvalue weighted by Crippen LogP contribution is 2.49. The van der Waals surface area contributed by atoms with Gasteiger partial charge in [-0.05, 0) is 180 Å². The van der Waals surface area contributed by atoms with Crippen molar-refractivity contribution in [2.24, 2.45) is 0 Å². The summed E-state index contributed by atoms with van der Waals surface area (Å²) in [6, 6.07) is 97.3. The van der Waals surface area contributed by atoms with E-state index in [2.05, 4.69) is 242 Å². The Bertz CT molecular complexity index is 4530. The molecule has 0 aliphatic heterocycles. The van der Waals surface area contributed by atoms with E-state index in [4.69, 9.17) is 5.73 Å². The summed E-state index contributed by atoms with van der Waals surface area (Å²) in [6.07, 6.45) is 0. The van der Waals surface area contributed by atoms with E-state index in [0.717, 1.165) is 33.4 Å². The van der Waals surface area contributed by atoms with Crippen LogP contribution >= 0.6 is 0 Å². The van der Waals surface area contributed by atoms with E-state index in [1.165, 1.54) is 109 Å². The van der Waals surface area contributed by atoms with Crippen LogP contribution in [0, 0.1) is 0 Å². The monoisotopic (exact) mass is 940 g/mol. The molecule has 14 aromatic rings. The normalized spacial score (nSPS) is 11.6. The molecule has 2 heteroatoms. The van der Waals surface area contributed by atoms with Gasteiger partial charge in [0.1, 0.15) is 0 Å². The van der Waals surface area contributed by atoms with Gasteiger partial charge in [-0.15, -0.1) is 0 Å². The summed E-state index contributed by atoms with van der Waals surface area (Å²) in [5, 5.41) is 17.1. The highest BCUT2D eigenvalue weighted by Gasteiger charge is 2.22. The minimum absolute atomic E-state index is 0.694. The van der Waals surface area contributed by atoms with Crippen LogP contribution in [-0.4, -0.2) is 0 Å². The average Bonchev–Trinajstić information content (AvgIpc) is 3.46. The van der Waals surface area contributed by atoms with Gasteiger partial charge < -0.3 is 10.6 Å². The number of nitrogens with two attached hydrogens (primary N) is 1. The molecule has 0 unspecified atom stereocenters. The van der Waals surface area contributed by atoms with E-state index >= 15 is 0 Å². The Morgan fingerprint density at radius 2 is 0.635 bits per heavy atom. The van der Waals surface area contributed by atoms with E-state index in [9.17, 15) is 0 Å². The first-order chi connectivity index (χ1) is 36.5. The van der Waals surface area contributed by atoms with Crippen molar-refractivity contribution in [3.05, 3.63) is 279 Å². The SMILES string of the molecule is C=C(c1ccc2cc(-c3c4ccccc4c(-c4ccc5c(-c6ccc7ccccc7c6)c6ccccc6c(-c6ccc7ccccc7c6)c5c4)c4ccccc34)ccc2c1)N(c1ccccc1)c1ccccc1N. The number of hydrogen-bond acceptors (Lipinski definition) is 2. The van der Waals surface area contributed by atoms with Crippen LogP contribution in [0.15, 0.2) is 273 Å². The van der Waals surface area contributed by atoms with Gasteiger partial charge in [-0.2, -0.15) is 0 Å². The molecule has 346 valence electrons. The molecule has 0 saturated carbocycles. The van der Waals surface area contributed by atoms with Gasteiger partial charge in [-0.3, -0.25) is 0 Å². The van der Waals surface area contributed by atoms with E-state index < -0.39 is 0 Å². The van der Waals surface area contributed by atoms with Gasteiger partial charge in [0.25, 0.3) is 0 Å². The molecule has 0 aliphatic rings. The predicted molar refractivity (Wildman–Crippen MR) is 319 cm³/mol. The van der Waals surface area contributed by atoms with Gasteiger partial charge in [-0.1, -0.05) is 219 Å². The fourth-order valence-electron chi connectivity index (χ4n) is 11.8. The fraction of sp³-hybridized carbons (Fsp3) is 0. The smallest absolute Gasteiger partial charge is 0.0691 e. The zero-order valence-corrected chi connectivity index (χ0v) is 40.6. The number of nitrogens with zero attached hydrogens (tertiary/aromatic N) is 1. The topological polar surface area (TPSA) is 29.3 Å². The molecule has 14 aromatic carbocycles. The van der Waals surface area contributed by atoms with Gasteiger partial charge in [0.05, 0.1) is 11.4 Å². The van der Waals surface area contributed by atoms with Gasteiger partial charge in [0, 0.05) is 11.4 Å². The summed E-state index contributed by atoms with van der Waals surface area (Å²) in [5.74, 6) is 0. The van der Waals surface area contributed by atoms with Crippen LogP contribution in [0.4, 0.5) is 17.1 Å². The summed E-state index contributed by atoms with van der Waals surface area (Å²) in [6.45, 7) is 4.65. The van der Waals surface area contributed by atoms with Crippen LogP contribution in [-0.2, 0) is 0 Å². The molecule has 74 heavy (non-hydrogen) atoms. The summed E-state index contributed by atoms with van der Waals surface area (Å²) in [5.41, 5.74) is 20.8. The Morgan fingerprint density at radius 1 is 0.284 bits per heavy atom. The lowest BCUT2D eigenvalue weighted by Crippen LogP contribution is -2.16. The maximum absolute atomic E-state index is 6.60. The third kappa shape index (κ3) is 7.11. The summed E-state index contributed by atoms with van der Waals surface area (Å²) in [7, 11) is 0. The molecule has 2 N–H and O–H groups in total. The van der Waals surface area contributed by atoms with Gasteiger partial charge in [0.2, 0.25) is 0 Å². The molecule has 0 bridgehead atoms. The summed E-state index contributed by atoms with van der Waals surface area (Å²) >= 11 is 0. The molecule has 0 aliphatic carbocycles. The molecule has 0 amide bonds. The van der Waals surface area contributed by atoms with E-state index in [0.29, 0.717) is 5.69 Å². The van der Waals surface area contributed by atoms with Crippen LogP contribution < -0.4 is 10.6 Å². The van der Waals surface area contributed by atoms with Crippen molar-refractivity contribution < 1.29 is 0 Å². The molecule has 0 aromatic heterocycles. The lowest BCUT2D eigenvalue weighted by atomic mass is 9.82. The molecule has 2 nitrogen and oxygen atoms in total. The minimum atomic E-state index is 0.694. The van der Waals surface area contributed by atoms with Crippen LogP contribution in [0.3, 0.4) is 0 Å². The van der Waals surface area contributed by atoms with E-state index in [1.807, 2.05) is 36.4 Å². The number of benzene rings is 14. The quantitative estimate of drug-likeness (QED) is 0.121. The van der Waals surface area contributed by atoms with Crippen LogP contribution in [0.25, 0.3) is 126 Å². The van der Waals surface area contributed by atoms with E-state index in [1.54, 1.807) is 0 Å². The first-order valence-corrected chi connectivity index (χ1v) is 25.4. The van der Waals surface area contributed by atoms with Crippen molar-refractivity contribution in [3.8, 4) is 44.5 Å². The zero-order chi connectivity index (χ0) is 49.3. The Balaban J connectivity index is 0.957. The maximum atomic E-state index is 6.60. The summed E-state index contributed by atoms with van der Waals surface area (Å²) in [4.78, 5) is 2.15. The number of para-hydroxylation sites is 3. The number of anilines is 3. The maximum Gasteiger partial charge on any atom is 0.0691 e. The first kappa shape index (κ1) is 43.1. The van der Waals surface area contributed by atoms with Crippen LogP contribution in [0.5, 0.6) is 0 Å². The summed E-state index contributed by atoms with van der Waals surface area (Å²) < 4.78 is 0. The Labute approximate surface area is 430 Å². The lowest BCUT2D eigenvalue weighted by Gasteiger charge is -2.28. The molecular weight excluding hydrogens is 893 g/mol. The van der Waals surface area contributed by atoms with Crippen molar-refractivity contribution in [1.82, 2.24) is 0 Å². The predicted octanol–water partition coefficient (Wildman–Crippen LogP) is 19.8. The average molecular weight is 941 g/mol. The fourth-order valence-corrected chi connectivity index (χ4v) is 11.8. The standard InChI is InChI=1S/C72H48N2/c1-46(74(58-21-3-2-4-22-58)68-30-16-15-29-67(68)73)49-33-34-53-44-55(38-35-52(53)41-49)69-59-23-9-11-25-61(59)71(62-26-12-10-24-60(62)69)57-39-40-65-66(45-57)72(56-37-32-48-18-6-8-20-51(48)43-56)64-28-14-13-27-63(64)70(65)54-36-31-47-17-5-7-19-50(47)42-54/h2-45H,1,73H2. The number of nitrogen functional groups attached to an aromatic ring is 1. The van der Waals surface area contributed by atoms with E-state index in [-0.39, 0.29) is 0 Å². The van der Waals surface area contributed by atoms with Crippen molar-refractivity contribution in [3.63, 3.8) is 0 Å². The lowest BCUT2D eigenvalue weighted by molar-refractivity contribution is 1.30. The first-order valence-electron chi connectivity index (χ1n) is 25.4. The number of fused-ring (bicyclic) bond motifs is 7. The molecule has 14 rings (SSSR count). The van der Waals surface area contributed by atoms with Crippen LogP contribution in [0.1, 0.15) is 5.56 Å². The minimum Gasteiger partial charge on any atom is -0.397 e. The molecular formula is C72H48N2. The molecule has 0 spiro atoms. The third-order valence-electron chi connectivity index (χ3n) is 15.2. The second-order valence-corrected chi connectivity index (χ2v) is 19.5. The van der Waals surface area contributed by atoms with Gasteiger partial charge in [0.15, 0.2) is 0 Å². The second-order valence-electron chi connectivity index (χ2n) is 19.5. The van der Waals surface area contributed by atoms with Gasteiger partial charge in [-0.25, -0.2) is 0 Å². The van der Waals surface area contributed by atoms with Crippen molar-refractivity contribution >= 4 is 98.2 Å². The Kier molecular flexibility index (Phi) is 10.2. The third-order valence-corrected chi connectivity index (χ3v) is 15.2. The number of hydrogen-bond donors (Lipinski definition) is 1. The van der Waals surface area contributed by atoms with Gasteiger partial charge >= 0.3 is 0 Å². The largest absolute Gasteiger partial charge is 0.397 e. The van der Waals surface area contributed by atoms with Crippen LogP contribution in [0.2, 0.25) is 0 Å².